The average molecular weight is 291 g/mol. The van der Waals surface area contributed by atoms with Crippen LogP contribution in [0.15, 0.2) is 30.6 Å². The first kappa shape index (κ1) is 13.1. The first-order valence-electron chi connectivity index (χ1n) is 6.64. The molecule has 1 N–H and O–H groups in total. The second-order valence-electron chi connectivity index (χ2n) is 4.97. The zero-order valence-electron chi connectivity index (χ0n) is 10.9. The van der Waals surface area contributed by atoms with Crippen LogP contribution in [0.4, 0.5) is 0 Å². The van der Waals surface area contributed by atoms with Crippen molar-refractivity contribution >= 4 is 17.5 Å². The summed E-state index contributed by atoms with van der Waals surface area (Å²) in [5.74, 6) is 0.342. The van der Waals surface area contributed by atoms with Crippen molar-refractivity contribution in [2.24, 2.45) is 0 Å². The molecule has 6 heteroatoms. The third-order valence-corrected chi connectivity index (χ3v) is 3.87. The number of hydrogen-bond acceptors (Lipinski definition) is 3. The van der Waals surface area contributed by atoms with Gasteiger partial charge in [0, 0.05) is 37.1 Å². The predicted molar refractivity (Wildman–Crippen MR) is 75.7 cm³/mol. The van der Waals surface area contributed by atoms with Gasteiger partial charge in [-0.05, 0) is 31.0 Å². The monoisotopic (exact) mass is 290 g/mol. The number of aromatic nitrogens is 3. The lowest BCUT2D eigenvalue weighted by Crippen LogP contribution is -2.39. The highest BCUT2D eigenvalue weighted by atomic mass is 35.5. The number of carbonyl (C=O) groups excluding carboxylic acids is 1. The summed E-state index contributed by atoms with van der Waals surface area (Å²) in [5, 5.41) is 7.38. The number of rotatable bonds is 2. The quantitative estimate of drug-likeness (QED) is 0.864. The number of amides is 1. The Balaban J connectivity index is 1.73. The van der Waals surface area contributed by atoms with Crippen molar-refractivity contribution in [1.82, 2.24) is 20.1 Å². The fourth-order valence-corrected chi connectivity index (χ4v) is 2.71. The van der Waals surface area contributed by atoms with E-state index in [9.17, 15) is 4.79 Å². The number of halogens is 1. The normalized spacial score (nSPS) is 19.1. The number of H-pyrrole nitrogens is 1. The molecule has 1 unspecified atom stereocenters. The zero-order chi connectivity index (χ0) is 13.9. The number of carbonyl (C=O) groups is 1. The molecule has 2 aromatic heterocycles. The van der Waals surface area contributed by atoms with Crippen LogP contribution < -0.4 is 0 Å². The van der Waals surface area contributed by atoms with Crippen molar-refractivity contribution in [3.05, 3.63) is 47.0 Å². The summed E-state index contributed by atoms with van der Waals surface area (Å²) < 4.78 is 0. The fourth-order valence-electron chi connectivity index (χ4n) is 2.59. The molecule has 5 nitrogen and oxygen atoms in total. The third kappa shape index (κ3) is 2.67. The molecule has 0 spiro atoms. The van der Waals surface area contributed by atoms with E-state index in [1.807, 2.05) is 11.0 Å². The molecule has 0 aliphatic carbocycles. The van der Waals surface area contributed by atoms with Gasteiger partial charge in [0.15, 0.2) is 0 Å². The van der Waals surface area contributed by atoms with Crippen molar-refractivity contribution in [1.29, 1.82) is 0 Å². The van der Waals surface area contributed by atoms with Gasteiger partial charge in [0.05, 0.1) is 5.56 Å². The molecule has 3 heterocycles. The zero-order valence-corrected chi connectivity index (χ0v) is 11.7. The van der Waals surface area contributed by atoms with Gasteiger partial charge < -0.3 is 4.90 Å². The van der Waals surface area contributed by atoms with E-state index in [0.717, 1.165) is 25.1 Å². The van der Waals surface area contributed by atoms with Gasteiger partial charge in [0.25, 0.3) is 5.91 Å². The summed E-state index contributed by atoms with van der Waals surface area (Å²) >= 11 is 5.75. The number of hydrogen-bond donors (Lipinski definition) is 1. The van der Waals surface area contributed by atoms with Gasteiger partial charge >= 0.3 is 0 Å². The van der Waals surface area contributed by atoms with Crippen LogP contribution >= 0.6 is 11.6 Å². The van der Waals surface area contributed by atoms with E-state index in [2.05, 4.69) is 15.2 Å². The van der Waals surface area contributed by atoms with Crippen LogP contribution in [0.1, 0.15) is 34.8 Å². The minimum atomic E-state index is 0.0124. The van der Waals surface area contributed by atoms with Gasteiger partial charge in [-0.3, -0.25) is 9.89 Å². The molecule has 1 fully saturated rings. The van der Waals surface area contributed by atoms with Crippen LogP contribution in [0.25, 0.3) is 0 Å². The van der Waals surface area contributed by atoms with Crippen molar-refractivity contribution < 1.29 is 4.79 Å². The second-order valence-corrected chi connectivity index (χ2v) is 5.36. The topological polar surface area (TPSA) is 61.9 Å². The van der Waals surface area contributed by atoms with Crippen molar-refractivity contribution in [2.45, 2.75) is 18.8 Å². The van der Waals surface area contributed by atoms with E-state index in [0.29, 0.717) is 23.2 Å². The van der Waals surface area contributed by atoms with E-state index in [4.69, 9.17) is 11.6 Å². The molecule has 1 aliphatic heterocycles. The molecule has 2 aromatic rings. The number of piperidine rings is 1. The second kappa shape index (κ2) is 5.63. The van der Waals surface area contributed by atoms with E-state index < -0.39 is 0 Å². The Morgan fingerprint density at radius 3 is 3.00 bits per heavy atom. The number of nitrogens with zero attached hydrogens (tertiary/aromatic N) is 3. The average Bonchev–Trinajstić information content (AvgIpc) is 3.02. The van der Waals surface area contributed by atoms with Crippen molar-refractivity contribution in [3.63, 3.8) is 0 Å². The van der Waals surface area contributed by atoms with Crippen molar-refractivity contribution in [3.8, 4) is 0 Å². The SMILES string of the molecule is O=C(c1ccc(Cl)nc1)N1CCCC(c2ccn[nH]2)C1. The largest absolute Gasteiger partial charge is 0.338 e. The van der Waals surface area contributed by atoms with E-state index in [1.54, 1.807) is 18.3 Å². The molecule has 1 aliphatic rings. The molecule has 1 saturated heterocycles. The van der Waals surface area contributed by atoms with Crippen LogP contribution in [0.3, 0.4) is 0 Å². The van der Waals surface area contributed by atoms with Crippen LogP contribution in [0, 0.1) is 0 Å². The standard InChI is InChI=1S/C14H15ClN4O/c15-13-4-3-10(8-16-13)14(20)19-7-1-2-11(9-19)12-5-6-17-18-12/h3-6,8,11H,1-2,7,9H2,(H,17,18). The number of nitrogens with one attached hydrogen (secondary N) is 1. The van der Waals surface area contributed by atoms with Crippen LogP contribution in [-0.4, -0.2) is 39.1 Å². The van der Waals surface area contributed by atoms with Gasteiger partial charge in [0.2, 0.25) is 0 Å². The summed E-state index contributed by atoms with van der Waals surface area (Å²) in [5.41, 5.74) is 1.68. The first-order chi connectivity index (χ1) is 9.74. The summed E-state index contributed by atoms with van der Waals surface area (Å²) in [6.07, 6.45) is 5.35. The maximum absolute atomic E-state index is 12.4. The third-order valence-electron chi connectivity index (χ3n) is 3.65. The van der Waals surface area contributed by atoms with Gasteiger partial charge in [-0.1, -0.05) is 11.6 Å². The summed E-state index contributed by atoms with van der Waals surface area (Å²) in [7, 11) is 0. The minimum absolute atomic E-state index is 0.0124. The number of likely N-dealkylation sites (tertiary alicyclic amines) is 1. The lowest BCUT2D eigenvalue weighted by molar-refractivity contribution is 0.0705. The van der Waals surface area contributed by atoms with Crippen LogP contribution in [0.5, 0.6) is 0 Å². The van der Waals surface area contributed by atoms with Gasteiger partial charge in [0.1, 0.15) is 5.15 Å². The lowest BCUT2D eigenvalue weighted by Gasteiger charge is -2.32. The molecule has 104 valence electrons. The van der Waals surface area contributed by atoms with E-state index >= 15 is 0 Å². The summed E-state index contributed by atoms with van der Waals surface area (Å²) in [4.78, 5) is 18.3. The molecule has 1 amide bonds. The van der Waals surface area contributed by atoms with Gasteiger partial charge in [-0.15, -0.1) is 0 Å². The number of aromatic amines is 1. The number of pyridine rings is 1. The van der Waals surface area contributed by atoms with E-state index in [-0.39, 0.29) is 5.91 Å². The lowest BCUT2D eigenvalue weighted by atomic mass is 9.94. The molecule has 3 rings (SSSR count). The smallest absolute Gasteiger partial charge is 0.255 e. The highest BCUT2D eigenvalue weighted by molar-refractivity contribution is 6.29. The predicted octanol–water partition coefficient (Wildman–Crippen LogP) is 2.48. The molecule has 0 radical (unpaired) electrons. The molecule has 20 heavy (non-hydrogen) atoms. The molecular weight excluding hydrogens is 276 g/mol. The van der Waals surface area contributed by atoms with E-state index in [1.165, 1.54) is 6.20 Å². The molecule has 1 atom stereocenters. The first-order valence-corrected chi connectivity index (χ1v) is 7.02. The molecular formula is C14H15ClN4O. The Bertz CT molecular complexity index is 582. The molecule has 0 saturated carbocycles. The Morgan fingerprint density at radius 2 is 2.30 bits per heavy atom. The summed E-state index contributed by atoms with van der Waals surface area (Å²) in [6, 6.07) is 5.34. The Labute approximate surface area is 122 Å². The van der Waals surface area contributed by atoms with Gasteiger partial charge in [-0.2, -0.15) is 5.10 Å². The summed E-state index contributed by atoms with van der Waals surface area (Å²) in [6.45, 7) is 1.50. The molecule has 0 aromatic carbocycles. The maximum atomic E-state index is 12.4. The molecule has 0 bridgehead atoms. The van der Waals surface area contributed by atoms with Crippen LogP contribution in [0.2, 0.25) is 5.15 Å². The Morgan fingerprint density at radius 1 is 1.40 bits per heavy atom. The highest BCUT2D eigenvalue weighted by Gasteiger charge is 2.26. The minimum Gasteiger partial charge on any atom is -0.338 e. The van der Waals surface area contributed by atoms with Crippen molar-refractivity contribution in [2.75, 3.05) is 13.1 Å². The Hall–Kier alpha value is -1.88. The van der Waals surface area contributed by atoms with Gasteiger partial charge in [-0.25, -0.2) is 4.98 Å². The highest BCUT2D eigenvalue weighted by Crippen LogP contribution is 2.26. The fraction of sp³-hybridized carbons (Fsp3) is 0.357. The Kier molecular flexibility index (Phi) is 3.69. The van der Waals surface area contributed by atoms with Crippen LogP contribution in [-0.2, 0) is 0 Å². The maximum Gasteiger partial charge on any atom is 0.255 e.